The Hall–Kier alpha value is -8.32. The molecule has 0 aliphatic carbocycles. The van der Waals surface area contributed by atoms with Gasteiger partial charge in [-0.05, 0) is 36.8 Å². The molecule has 1 fully saturated rings. The molecule has 2 aromatic rings. The van der Waals surface area contributed by atoms with Crippen molar-refractivity contribution in [3.05, 3.63) is 71.8 Å². The van der Waals surface area contributed by atoms with E-state index in [-0.39, 0.29) is 61.8 Å². The number of benzene rings is 2. The fourth-order valence-electron chi connectivity index (χ4n) is 6.78. The predicted molar refractivity (Wildman–Crippen MR) is 242 cm³/mol. The molecule has 16 N–H and O–H groups in total. The van der Waals surface area contributed by atoms with Crippen LogP contribution in [0.1, 0.15) is 61.7 Å². The van der Waals surface area contributed by atoms with Crippen molar-refractivity contribution < 1.29 is 58.2 Å². The summed E-state index contributed by atoms with van der Waals surface area (Å²) in [5.41, 5.74) is 22.1. The van der Waals surface area contributed by atoms with Crippen LogP contribution in [-0.2, 0) is 47.9 Å². The van der Waals surface area contributed by atoms with Crippen LogP contribution in [0.2, 0.25) is 0 Å². The van der Waals surface area contributed by atoms with Gasteiger partial charge in [-0.2, -0.15) is 0 Å². The Morgan fingerprint density at radius 2 is 0.868 bits per heavy atom. The molecule has 0 aromatic heterocycles. The summed E-state index contributed by atoms with van der Waals surface area (Å²) in [6.45, 7) is -1.59. The number of likely N-dealkylation sites (N-methyl/N-ethyl adjacent to an activating group) is 2. The van der Waals surface area contributed by atoms with E-state index in [0.29, 0.717) is 0 Å². The Labute approximate surface area is 390 Å². The zero-order valence-corrected chi connectivity index (χ0v) is 37.4. The molecule has 2 aromatic carbocycles. The van der Waals surface area contributed by atoms with Crippen molar-refractivity contribution in [1.29, 1.82) is 0 Å². The molecule has 0 saturated carbocycles. The van der Waals surface area contributed by atoms with E-state index >= 15 is 0 Å². The lowest BCUT2D eigenvalue weighted by Gasteiger charge is -2.29. The zero-order chi connectivity index (χ0) is 50.5. The van der Waals surface area contributed by atoms with Gasteiger partial charge in [-0.25, -0.2) is 0 Å². The van der Waals surface area contributed by atoms with Crippen LogP contribution in [0.5, 0.6) is 0 Å². The minimum absolute atomic E-state index is 0.00353. The monoisotopic (exact) mass is 950 g/mol. The molecule has 3 rings (SSSR count). The van der Waals surface area contributed by atoms with E-state index < -0.39 is 121 Å². The number of aliphatic imine (C=N–C) groups is 2. The first-order valence-corrected chi connectivity index (χ1v) is 21.1. The molecular formula is C42H58N14O12. The molecular weight excluding hydrogens is 893 g/mol. The number of nitrogens with one attached hydrogen (secondary N) is 6. The number of rotatable bonds is 14. The Morgan fingerprint density at radius 3 is 1.18 bits per heavy atom. The van der Waals surface area contributed by atoms with E-state index in [4.69, 9.17) is 22.9 Å². The van der Waals surface area contributed by atoms with Gasteiger partial charge in [0, 0.05) is 27.2 Å². The van der Waals surface area contributed by atoms with Crippen LogP contribution in [0.3, 0.4) is 0 Å². The molecule has 1 aliphatic rings. The van der Waals surface area contributed by atoms with Crippen molar-refractivity contribution in [2.45, 2.75) is 74.8 Å². The first-order valence-electron chi connectivity index (χ1n) is 21.1. The topological polar surface area (TPSA) is 419 Å². The van der Waals surface area contributed by atoms with Crippen molar-refractivity contribution >= 4 is 71.1 Å². The lowest BCUT2D eigenvalue weighted by molar-refractivity contribution is -0.143. The number of carboxylic acids is 2. The number of hydrogen-bond acceptors (Lipinski definition) is 12. The summed E-state index contributed by atoms with van der Waals surface area (Å²) in [5, 5.41) is 34.1. The van der Waals surface area contributed by atoms with E-state index in [1.807, 2.05) is 0 Å². The second-order valence-electron chi connectivity index (χ2n) is 15.5. The molecule has 368 valence electrons. The molecule has 0 unspecified atom stereocenters. The SMILES string of the molecule is CN1CC(=O)N[C@@H](CC(=O)O)C(=O)N[C@H](c2ccccc2)C(=O)N[C@@H](CCCN=C(N)N)C(=O)N(C)CC(=O)N[C@@H](CC(=O)O)C(=O)N[C@H](c2ccccc2)C(=O)N[C@@H](CCCN=C(N)N)C1=O. The Balaban J connectivity index is 2.16. The van der Waals surface area contributed by atoms with Crippen molar-refractivity contribution in [3.8, 4) is 0 Å². The normalized spacial score (nSPS) is 21.9. The van der Waals surface area contributed by atoms with Crippen molar-refractivity contribution in [1.82, 2.24) is 41.7 Å². The third-order valence-electron chi connectivity index (χ3n) is 10.1. The van der Waals surface area contributed by atoms with Gasteiger partial charge in [0.1, 0.15) is 36.3 Å². The van der Waals surface area contributed by atoms with Crippen LogP contribution in [0.4, 0.5) is 0 Å². The largest absolute Gasteiger partial charge is 0.481 e. The second-order valence-corrected chi connectivity index (χ2v) is 15.5. The maximum absolute atomic E-state index is 14.2. The zero-order valence-electron chi connectivity index (χ0n) is 37.4. The Morgan fingerprint density at radius 1 is 0.529 bits per heavy atom. The fourth-order valence-corrected chi connectivity index (χ4v) is 6.78. The molecule has 26 nitrogen and oxygen atoms in total. The smallest absolute Gasteiger partial charge is 0.305 e. The molecule has 26 heteroatoms. The minimum Gasteiger partial charge on any atom is -0.481 e. The van der Waals surface area contributed by atoms with E-state index in [9.17, 15) is 58.2 Å². The predicted octanol–water partition coefficient (Wildman–Crippen LogP) is -4.37. The van der Waals surface area contributed by atoms with Gasteiger partial charge >= 0.3 is 11.9 Å². The van der Waals surface area contributed by atoms with E-state index in [2.05, 4.69) is 41.9 Å². The highest BCUT2D eigenvalue weighted by molar-refractivity contribution is 5.99. The molecule has 0 spiro atoms. The van der Waals surface area contributed by atoms with Gasteiger partial charge < -0.3 is 74.8 Å². The summed E-state index contributed by atoms with van der Waals surface area (Å²) < 4.78 is 0. The first-order chi connectivity index (χ1) is 32.2. The molecule has 8 amide bonds. The van der Waals surface area contributed by atoms with Gasteiger partial charge in [0.15, 0.2) is 11.9 Å². The Bertz CT molecular complexity index is 2050. The lowest BCUT2D eigenvalue weighted by Crippen LogP contribution is -2.57. The van der Waals surface area contributed by atoms with Gasteiger partial charge in [-0.15, -0.1) is 0 Å². The van der Waals surface area contributed by atoms with Crippen LogP contribution < -0.4 is 54.8 Å². The second kappa shape index (κ2) is 26.6. The van der Waals surface area contributed by atoms with Gasteiger partial charge in [0.25, 0.3) is 0 Å². The van der Waals surface area contributed by atoms with Crippen molar-refractivity contribution in [2.24, 2.45) is 32.9 Å². The molecule has 0 bridgehead atoms. The van der Waals surface area contributed by atoms with Crippen molar-refractivity contribution in [2.75, 3.05) is 40.3 Å². The Kier molecular flexibility index (Phi) is 21.1. The van der Waals surface area contributed by atoms with Gasteiger partial charge in [-0.3, -0.25) is 57.9 Å². The molecule has 1 heterocycles. The third-order valence-corrected chi connectivity index (χ3v) is 10.1. The summed E-state index contributed by atoms with van der Waals surface area (Å²) in [4.78, 5) is 145. The molecule has 6 atom stereocenters. The number of amides is 8. The number of nitrogens with two attached hydrogens (primary N) is 4. The highest BCUT2D eigenvalue weighted by Gasteiger charge is 2.36. The summed E-state index contributed by atoms with van der Waals surface area (Å²) in [5.74, 6) is -11.6. The summed E-state index contributed by atoms with van der Waals surface area (Å²) in [6, 6.07) is 5.38. The highest BCUT2D eigenvalue weighted by Crippen LogP contribution is 2.18. The summed E-state index contributed by atoms with van der Waals surface area (Å²) >= 11 is 0. The van der Waals surface area contributed by atoms with E-state index in [1.165, 1.54) is 62.6 Å². The van der Waals surface area contributed by atoms with Crippen LogP contribution >= 0.6 is 0 Å². The fraction of sp³-hybridized carbons (Fsp3) is 0.429. The summed E-state index contributed by atoms with van der Waals surface area (Å²) in [7, 11) is 2.37. The van der Waals surface area contributed by atoms with Gasteiger partial charge in [0.2, 0.25) is 47.3 Å². The molecule has 68 heavy (non-hydrogen) atoms. The van der Waals surface area contributed by atoms with Crippen LogP contribution in [0.25, 0.3) is 0 Å². The van der Waals surface area contributed by atoms with Crippen LogP contribution in [0, 0.1) is 0 Å². The maximum Gasteiger partial charge on any atom is 0.305 e. The van der Waals surface area contributed by atoms with Gasteiger partial charge in [-0.1, -0.05) is 60.7 Å². The van der Waals surface area contributed by atoms with Crippen LogP contribution in [0.15, 0.2) is 70.6 Å². The number of nitrogens with zero attached hydrogens (tertiary/aromatic N) is 4. The maximum atomic E-state index is 14.2. The standard InChI is InChI=1S/C42H58N14O12/c1-55-21-29(57)49-27(19-31(59)60)35(63)54-34(24-13-7-4-8-14-24)38(66)52-26(16-10-18-48-42(45)46)40(68)56(2)22-30(58)50-28(20-32(61)62)36(64)53-33(23-11-5-3-6-12-23)37(65)51-25(39(55)67)15-9-17-47-41(43)44/h3-8,11-14,25-28,33-34H,9-10,15-22H2,1-2H3,(H,49,57)(H,50,58)(H,51,65)(H,52,66)(H,53,64)(H,54,63)(H,59,60)(H,61,62)(H4,43,44,47)(H4,45,46,48)/t25-,26-,27-,28-,33+,34+/m0/s1. The number of guanidine groups is 2. The van der Waals surface area contributed by atoms with Gasteiger partial charge in [0.05, 0.1) is 25.9 Å². The molecule has 1 aliphatic heterocycles. The van der Waals surface area contributed by atoms with Crippen molar-refractivity contribution in [3.63, 3.8) is 0 Å². The average Bonchev–Trinajstić information content (AvgIpc) is 3.27. The van der Waals surface area contributed by atoms with E-state index in [0.717, 1.165) is 9.80 Å². The quantitative estimate of drug-likeness (QED) is 0.0484. The first kappa shape index (κ1) is 54.0. The highest BCUT2D eigenvalue weighted by atomic mass is 16.4. The number of carboxylic acid groups (broad SMARTS) is 2. The lowest BCUT2D eigenvalue weighted by atomic mass is 10.0. The minimum atomic E-state index is -1.83. The number of aliphatic carboxylic acids is 2. The van der Waals surface area contributed by atoms with E-state index in [1.54, 1.807) is 12.1 Å². The average molecular weight is 951 g/mol. The molecule has 0 radical (unpaired) electrons. The van der Waals surface area contributed by atoms with Crippen LogP contribution in [-0.4, -0.2) is 156 Å². The number of carbonyl (C=O) groups excluding carboxylic acids is 8. The molecule has 1 saturated heterocycles. The number of carbonyl (C=O) groups is 10. The number of hydrogen-bond donors (Lipinski definition) is 12. The third kappa shape index (κ3) is 17.9. The summed E-state index contributed by atoms with van der Waals surface area (Å²) in [6.07, 6.45) is -2.07.